The van der Waals surface area contributed by atoms with Gasteiger partial charge >= 0.3 is 0 Å². The third-order valence-electron chi connectivity index (χ3n) is 4.90. The number of benzene rings is 2. The van der Waals surface area contributed by atoms with E-state index in [-0.39, 0.29) is 17.9 Å². The second-order valence-electron chi connectivity index (χ2n) is 6.98. The van der Waals surface area contributed by atoms with Crippen LogP contribution in [0.25, 0.3) is 0 Å². The SMILES string of the molecule is CC(NC(=O)c1ccc(Cl)cc1)C(=O)NC(c1ccccc1)C1CC1C. The molecule has 0 saturated heterocycles. The van der Waals surface area contributed by atoms with E-state index in [1.165, 1.54) is 0 Å². The van der Waals surface area contributed by atoms with Gasteiger partial charge in [0.2, 0.25) is 5.91 Å². The number of nitrogens with one attached hydrogen (secondary N) is 2. The van der Waals surface area contributed by atoms with Gasteiger partial charge in [0, 0.05) is 10.6 Å². The lowest BCUT2D eigenvalue weighted by Gasteiger charge is -2.22. The van der Waals surface area contributed by atoms with Gasteiger partial charge in [0.05, 0.1) is 6.04 Å². The number of carbonyl (C=O) groups is 2. The number of amides is 2. The van der Waals surface area contributed by atoms with Crippen molar-refractivity contribution in [2.75, 3.05) is 0 Å². The molecule has 0 radical (unpaired) electrons. The van der Waals surface area contributed by atoms with Gasteiger partial charge in [0.1, 0.15) is 6.04 Å². The number of rotatable bonds is 6. The fourth-order valence-electron chi connectivity index (χ4n) is 3.14. The minimum absolute atomic E-state index is 0.0198. The van der Waals surface area contributed by atoms with E-state index in [4.69, 9.17) is 11.6 Å². The average molecular weight is 371 g/mol. The summed E-state index contributed by atoms with van der Waals surface area (Å²) in [6, 6.07) is 15.9. The predicted molar refractivity (Wildman–Crippen MR) is 103 cm³/mol. The molecule has 0 aliphatic heterocycles. The number of hydrogen-bond acceptors (Lipinski definition) is 2. The molecule has 0 bridgehead atoms. The monoisotopic (exact) mass is 370 g/mol. The molecule has 4 nitrogen and oxygen atoms in total. The van der Waals surface area contributed by atoms with Gasteiger partial charge in [-0.25, -0.2) is 0 Å². The second kappa shape index (κ2) is 7.92. The maximum Gasteiger partial charge on any atom is 0.251 e. The molecule has 0 aromatic heterocycles. The molecule has 0 spiro atoms. The summed E-state index contributed by atoms with van der Waals surface area (Å²) < 4.78 is 0. The smallest absolute Gasteiger partial charge is 0.251 e. The van der Waals surface area contributed by atoms with E-state index in [0.717, 1.165) is 12.0 Å². The largest absolute Gasteiger partial charge is 0.347 e. The van der Waals surface area contributed by atoms with Gasteiger partial charge < -0.3 is 10.6 Å². The van der Waals surface area contributed by atoms with E-state index in [0.29, 0.717) is 22.4 Å². The quantitative estimate of drug-likeness (QED) is 0.808. The number of halogens is 1. The minimum Gasteiger partial charge on any atom is -0.347 e. The van der Waals surface area contributed by atoms with Crippen LogP contribution in [0.4, 0.5) is 0 Å². The van der Waals surface area contributed by atoms with E-state index in [2.05, 4.69) is 17.6 Å². The van der Waals surface area contributed by atoms with Gasteiger partial charge in [-0.05, 0) is 55.0 Å². The van der Waals surface area contributed by atoms with Gasteiger partial charge in [-0.2, -0.15) is 0 Å². The molecule has 2 N–H and O–H groups in total. The Balaban J connectivity index is 1.63. The van der Waals surface area contributed by atoms with Crippen molar-refractivity contribution in [2.45, 2.75) is 32.4 Å². The Labute approximate surface area is 158 Å². The second-order valence-corrected chi connectivity index (χ2v) is 7.41. The van der Waals surface area contributed by atoms with Crippen molar-refractivity contribution in [1.29, 1.82) is 0 Å². The predicted octanol–water partition coefficient (Wildman–Crippen LogP) is 3.97. The molecule has 0 heterocycles. The molecule has 5 heteroatoms. The Morgan fingerprint density at radius 1 is 1.04 bits per heavy atom. The zero-order valence-electron chi connectivity index (χ0n) is 14.9. The van der Waals surface area contributed by atoms with Gasteiger partial charge in [-0.15, -0.1) is 0 Å². The third-order valence-corrected chi connectivity index (χ3v) is 5.16. The Bertz CT molecular complexity index is 776. The Morgan fingerprint density at radius 2 is 1.65 bits per heavy atom. The van der Waals surface area contributed by atoms with Crippen LogP contribution in [0.3, 0.4) is 0 Å². The first-order valence-electron chi connectivity index (χ1n) is 8.87. The molecule has 1 aliphatic carbocycles. The molecule has 1 saturated carbocycles. The summed E-state index contributed by atoms with van der Waals surface area (Å²) in [4.78, 5) is 24.9. The van der Waals surface area contributed by atoms with Crippen molar-refractivity contribution in [3.05, 3.63) is 70.7 Å². The molecule has 1 aliphatic rings. The number of carbonyl (C=O) groups excluding carboxylic acids is 2. The van der Waals surface area contributed by atoms with Crippen molar-refractivity contribution in [3.8, 4) is 0 Å². The maximum atomic E-state index is 12.6. The van der Waals surface area contributed by atoms with E-state index in [1.807, 2.05) is 30.3 Å². The first-order chi connectivity index (χ1) is 12.5. The standard InChI is InChI=1S/C21H23ClN2O2/c1-13-12-18(13)19(15-6-4-3-5-7-15)24-20(25)14(2)23-21(26)16-8-10-17(22)11-9-16/h3-11,13-14,18-19H,12H2,1-2H3,(H,23,26)(H,24,25). The average Bonchev–Trinajstić information content (AvgIpc) is 3.36. The Hall–Kier alpha value is -2.33. The summed E-state index contributed by atoms with van der Waals surface area (Å²) >= 11 is 5.84. The van der Waals surface area contributed by atoms with Crippen LogP contribution in [0.2, 0.25) is 5.02 Å². The van der Waals surface area contributed by atoms with Crippen molar-refractivity contribution in [1.82, 2.24) is 10.6 Å². The van der Waals surface area contributed by atoms with Crippen LogP contribution in [0.15, 0.2) is 54.6 Å². The molecule has 136 valence electrons. The summed E-state index contributed by atoms with van der Waals surface area (Å²) in [7, 11) is 0. The van der Waals surface area contributed by atoms with Crippen molar-refractivity contribution < 1.29 is 9.59 Å². The van der Waals surface area contributed by atoms with E-state index in [9.17, 15) is 9.59 Å². The van der Waals surface area contributed by atoms with Gasteiger partial charge in [0.25, 0.3) is 5.91 Å². The molecule has 2 aromatic carbocycles. The van der Waals surface area contributed by atoms with Gasteiger partial charge in [-0.1, -0.05) is 48.9 Å². The first-order valence-corrected chi connectivity index (χ1v) is 9.25. The molecular weight excluding hydrogens is 348 g/mol. The highest BCUT2D eigenvalue weighted by molar-refractivity contribution is 6.30. The van der Waals surface area contributed by atoms with Crippen molar-refractivity contribution >= 4 is 23.4 Å². The molecule has 4 unspecified atom stereocenters. The lowest BCUT2D eigenvalue weighted by Crippen LogP contribution is -2.46. The highest BCUT2D eigenvalue weighted by Gasteiger charge is 2.41. The van der Waals surface area contributed by atoms with Gasteiger partial charge in [0.15, 0.2) is 0 Å². The summed E-state index contributed by atoms with van der Waals surface area (Å²) in [5.74, 6) is 0.570. The zero-order chi connectivity index (χ0) is 18.7. The van der Waals surface area contributed by atoms with E-state index in [1.54, 1.807) is 31.2 Å². The summed E-state index contributed by atoms with van der Waals surface area (Å²) in [6.45, 7) is 3.89. The Kier molecular flexibility index (Phi) is 5.62. The zero-order valence-corrected chi connectivity index (χ0v) is 15.7. The topological polar surface area (TPSA) is 58.2 Å². The first kappa shape index (κ1) is 18.5. The lowest BCUT2D eigenvalue weighted by atomic mass is 10.0. The summed E-state index contributed by atoms with van der Waals surface area (Å²) in [5, 5.41) is 6.43. The fourth-order valence-corrected chi connectivity index (χ4v) is 3.26. The minimum atomic E-state index is -0.626. The van der Waals surface area contributed by atoms with Crippen LogP contribution in [0.5, 0.6) is 0 Å². The van der Waals surface area contributed by atoms with Crippen LogP contribution in [0, 0.1) is 11.8 Å². The molecule has 2 aromatic rings. The third kappa shape index (κ3) is 4.44. The van der Waals surface area contributed by atoms with Crippen LogP contribution in [0.1, 0.15) is 42.2 Å². The van der Waals surface area contributed by atoms with Crippen LogP contribution >= 0.6 is 11.6 Å². The van der Waals surface area contributed by atoms with E-state index < -0.39 is 6.04 Å². The maximum absolute atomic E-state index is 12.6. The summed E-state index contributed by atoms with van der Waals surface area (Å²) in [6.07, 6.45) is 1.10. The summed E-state index contributed by atoms with van der Waals surface area (Å²) in [5.41, 5.74) is 1.58. The fraction of sp³-hybridized carbons (Fsp3) is 0.333. The normalized spacial score (nSPS) is 20.7. The highest BCUT2D eigenvalue weighted by Crippen LogP contribution is 2.46. The highest BCUT2D eigenvalue weighted by atomic mass is 35.5. The molecule has 2 amide bonds. The van der Waals surface area contributed by atoms with Crippen LogP contribution < -0.4 is 10.6 Å². The molecule has 3 rings (SSSR count). The van der Waals surface area contributed by atoms with Crippen LogP contribution in [-0.4, -0.2) is 17.9 Å². The van der Waals surface area contributed by atoms with Gasteiger partial charge in [-0.3, -0.25) is 9.59 Å². The van der Waals surface area contributed by atoms with Crippen molar-refractivity contribution in [3.63, 3.8) is 0 Å². The number of hydrogen-bond donors (Lipinski definition) is 2. The van der Waals surface area contributed by atoms with Crippen molar-refractivity contribution in [2.24, 2.45) is 11.8 Å². The molecule has 26 heavy (non-hydrogen) atoms. The molecule has 4 atom stereocenters. The van der Waals surface area contributed by atoms with E-state index >= 15 is 0 Å². The van der Waals surface area contributed by atoms with Crippen LogP contribution in [-0.2, 0) is 4.79 Å². The Morgan fingerprint density at radius 3 is 2.23 bits per heavy atom. The lowest BCUT2D eigenvalue weighted by molar-refractivity contribution is -0.123. The molecular formula is C21H23ClN2O2. The molecule has 1 fully saturated rings.